The monoisotopic (exact) mass is 312 g/mol. The SMILES string of the molecule is CC(C)CCNc1cc(NCC(C)C)nc(-c2ccccc2)n1. The number of benzene rings is 1. The molecule has 0 amide bonds. The molecule has 2 N–H and O–H groups in total. The molecule has 0 bridgehead atoms. The van der Waals surface area contributed by atoms with Crippen LogP contribution in [0.15, 0.2) is 36.4 Å². The number of rotatable bonds is 8. The van der Waals surface area contributed by atoms with E-state index in [0.29, 0.717) is 11.8 Å². The summed E-state index contributed by atoms with van der Waals surface area (Å²) in [6.07, 6.45) is 1.12. The van der Waals surface area contributed by atoms with Crippen molar-refractivity contribution in [3.05, 3.63) is 36.4 Å². The molecule has 0 fully saturated rings. The van der Waals surface area contributed by atoms with Crippen LogP contribution < -0.4 is 10.6 Å². The van der Waals surface area contributed by atoms with Crippen molar-refractivity contribution in [2.45, 2.75) is 34.1 Å². The van der Waals surface area contributed by atoms with Gasteiger partial charge in [0.1, 0.15) is 11.6 Å². The summed E-state index contributed by atoms with van der Waals surface area (Å²) in [5.41, 5.74) is 1.03. The maximum Gasteiger partial charge on any atom is 0.163 e. The number of anilines is 2. The normalized spacial score (nSPS) is 11.0. The quantitative estimate of drug-likeness (QED) is 0.743. The standard InChI is InChI=1S/C19H28N4/c1-14(2)10-11-20-17-12-18(21-13-15(3)4)23-19(22-17)16-8-6-5-7-9-16/h5-9,12,14-15H,10-11,13H2,1-4H3,(H2,20,21,22,23). The molecule has 1 heterocycles. The Kier molecular flexibility index (Phi) is 6.39. The summed E-state index contributed by atoms with van der Waals surface area (Å²) in [5, 5.41) is 6.83. The molecular weight excluding hydrogens is 284 g/mol. The van der Waals surface area contributed by atoms with E-state index < -0.39 is 0 Å². The van der Waals surface area contributed by atoms with Crippen LogP contribution in [0.1, 0.15) is 34.1 Å². The molecule has 2 rings (SSSR count). The first-order valence-corrected chi connectivity index (χ1v) is 8.47. The Hall–Kier alpha value is -2.10. The van der Waals surface area contributed by atoms with Crippen molar-refractivity contribution in [2.24, 2.45) is 11.8 Å². The van der Waals surface area contributed by atoms with Gasteiger partial charge in [-0.3, -0.25) is 0 Å². The van der Waals surface area contributed by atoms with Gasteiger partial charge in [0.25, 0.3) is 0 Å². The highest BCUT2D eigenvalue weighted by Gasteiger charge is 2.07. The summed E-state index contributed by atoms with van der Waals surface area (Å²) in [4.78, 5) is 9.32. The molecule has 4 nitrogen and oxygen atoms in total. The van der Waals surface area contributed by atoms with Crippen LogP contribution in [0.5, 0.6) is 0 Å². The Labute approximate surface area is 139 Å². The zero-order valence-electron chi connectivity index (χ0n) is 14.6. The molecule has 0 aliphatic rings. The predicted octanol–water partition coefficient (Wildman–Crippen LogP) is 4.67. The average molecular weight is 312 g/mol. The molecular formula is C19H28N4. The van der Waals surface area contributed by atoms with E-state index in [2.05, 4.69) is 48.3 Å². The van der Waals surface area contributed by atoms with Gasteiger partial charge in [0.2, 0.25) is 0 Å². The summed E-state index contributed by atoms with van der Waals surface area (Å²) in [6, 6.07) is 12.1. The Balaban J connectivity index is 2.20. The van der Waals surface area contributed by atoms with Gasteiger partial charge in [-0.1, -0.05) is 58.0 Å². The minimum atomic E-state index is 0.572. The van der Waals surface area contributed by atoms with Gasteiger partial charge in [-0.2, -0.15) is 0 Å². The fraction of sp³-hybridized carbons (Fsp3) is 0.474. The lowest BCUT2D eigenvalue weighted by Gasteiger charge is -2.13. The topological polar surface area (TPSA) is 49.8 Å². The first kappa shape index (κ1) is 17.3. The van der Waals surface area contributed by atoms with Crippen molar-refractivity contribution in [1.29, 1.82) is 0 Å². The molecule has 0 aliphatic carbocycles. The van der Waals surface area contributed by atoms with Gasteiger partial charge >= 0.3 is 0 Å². The molecule has 0 saturated carbocycles. The predicted molar refractivity (Wildman–Crippen MR) is 98.7 cm³/mol. The summed E-state index contributed by atoms with van der Waals surface area (Å²) >= 11 is 0. The maximum atomic E-state index is 4.67. The second kappa shape index (κ2) is 8.51. The Morgan fingerprint density at radius 2 is 1.52 bits per heavy atom. The highest BCUT2D eigenvalue weighted by molar-refractivity contribution is 5.61. The maximum absolute atomic E-state index is 4.67. The van der Waals surface area contributed by atoms with Gasteiger partial charge in [0.15, 0.2) is 5.82 Å². The highest BCUT2D eigenvalue weighted by Crippen LogP contribution is 2.20. The van der Waals surface area contributed by atoms with Crippen LogP contribution in [-0.4, -0.2) is 23.1 Å². The second-order valence-electron chi connectivity index (χ2n) is 6.71. The fourth-order valence-electron chi connectivity index (χ4n) is 2.14. The third-order valence-electron chi connectivity index (χ3n) is 3.48. The molecule has 0 unspecified atom stereocenters. The minimum Gasteiger partial charge on any atom is -0.370 e. The van der Waals surface area contributed by atoms with Gasteiger partial charge in [-0.25, -0.2) is 9.97 Å². The lowest BCUT2D eigenvalue weighted by molar-refractivity contribution is 0.606. The summed E-state index contributed by atoms with van der Waals surface area (Å²) in [6.45, 7) is 10.7. The number of nitrogens with one attached hydrogen (secondary N) is 2. The van der Waals surface area contributed by atoms with Crippen molar-refractivity contribution in [1.82, 2.24) is 9.97 Å². The highest BCUT2D eigenvalue weighted by atomic mass is 15.1. The van der Waals surface area contributed by atoms with Crippen LogP contribution in [0, 0.1) is 11.8 Å². The van der Waals surface area contributed by atoms with Crippen LogP contribution in [0.25, 0.3) is 11.4 Å². The summed E-state index contributed by atoms with van der Waals surface area (Å²) in [5.74, 6) is 3.76. The van der Waals surface area contributed by atoms with Crippen molar-refractivity contribution in [2.75, 3.05) is 23.7 Å². The van der Waals surface area contributed by atoms with Gasteiger partial charge in [0.05, 0.1) is 0 Å². The molecule has 0 atom stereocenters. The molecule has 2 aromatic rings. The smallest absolute Gasteiger partial charge is 0.163 e. The number of hydrogen-bond acceptors (Lipinski definition) is 4. The largest absolute Gasteiger partial charge is 0.370 e. The van der Waals surface area contributed by atoms with Crippen molar-refractivity contribution < 1.29 is 0 Å². The van der Waals surface area contributed by atoms with Gasteiger partial charge < -0.3 is 10.6 Å². The first-order chi connectivity index (χ1) is 11.0. The van der Waals surface area contributed by atoms with E-state index in [1.54, 1.807) is 0 Å². The molecule has 0 saturated heterocycles. The molecule has 1 aromatic heterocycles. The zero-order chi connectivity index (χ0) is 16.7. The molecule has 0 spiro atoms. The van der Waals surface area contributed by atoms with E-state index in [0.717, 1.165) is 42.5 Å². The van der Waals surface area contributed by atoms with E-state index in [4.69, 9.17) is 0 Å². The third kappa shape index (κ3) is 5.89. The number of aromatic nitrogens is 2. The molecule has 23 heavy (non-hydrogen) atoms. The molecule has 4 heteroatoms. The van der Waals surface area contributed by atoms with Crippen molar-refractivity contribution in [3.63, 3.8) is 0 Å². The van der Waals surface area contributed by atoms with Gasteiger partial charge in [-0.15, -0.1) is 0 Å². The third-order valence-corrected chi connectivity index (χ3v) is 3.48. The lowest BCUT2D eigenvalue weighted by atomic mass is 10.1. The van der Waals surface area contributed by atoms with E-state index in [9.17, 15) is 0 Å². The number of hydrogen-bond donors (Lipinski definition) is 2. The zero-order valence-corrected chi connectivity index (χ0v) is 14.6. The van der Waals surface area contributed by atoms with Crippen LogP contribution in [0.2, 0.25) is 0 Å². The Morgan fingerprint density at radius 1 is 0.870 bits per heavy atom. The summed E-state index contributed by atoms with van der Waals surface area (Å²) < 4.78 is 0. The van der Waals surface area contributed by atoms with E-state index in [1.165, 1.54) is 0 Å². The van der Waals surface area contributed by atoms with Crippen LogP contribution in [-0.2, 0) is 0 Å². The average Bonchev–Trinajstić information content (AvgIpc) is 2.53. The minimum absolute atomic E-state index is 0.572. The van der Waals surface area contributed by atoms with Crippen LogP contribution in [0.3, 0.4) is 0 Å². The van der Waals surface area contributed by atoms with E-state index in [-0.39, 0.29) is 0 Å². The summed E-state index contributed by atoms with van der Waals surface area (Å²) in [7, 11) is 0. The Bertz CT molecular complexity index is 594. The molecule has 0 radical (unpaired) electrons. The molecule has 1 aromatic carbocycles. The van der Waals surface area contributed by atoms with E-state index in [1.807, 2.05) is 36.4 Å². The van der Waals surface area contributed by atoms with Gasteiger partial charge in [0, 0.05) is 24.7 Å². The van der Waals surface area contributed by atoms with Crippen molar-refractivity contribution >= 4 is 11.6 Å². The fourth-order valence-corrected chi connectivity index (χ4v) is 2.14. The number of nitrogens with zero attached hydrogens (tertiary/aromatic N) is 2. The van der Waals surface area contributed by atoms with Crippen LogP contribution >= 0.6 is 0 Å². The lowest BCUT2D eigenvalue weighted by Crippen LogP contribution is -2.12. The first-order valence-electron chi connectivity index (χ1n) is 8.47. The second-order valence-corrected chi connectivity index (χ2v) is 6.71. The Morgan fingerprint density at radius 3 is 2.13 bits per heavy atom. The van der Waals surface area contributed by atoms with E-state index >= 15 is 0 Å². The van der Waals surface area contributed by atoms with Crippen molar-refractivity contribution in [3.8, 4) is 11.4 Å². The molecule has 0 aliphatic heterocycles. The van der Waals surface area contributed by atoms with Crippen LogP contribution in [0.4, 0.5) is 11.6 Å². The van der Waals surface area contributed by atoms with Gasteiger partial charge in [-0.05, 0) is 18.3 Å². The molecule has 124 valence electrons.